The smallest absolute Gasteiger partial charge is 0.343 e. The second kappa shape index (κ2) is 3.96. The fraction of sp³-hybridized carbons (Fsp3) is 0.0909. The zero-order valence-corrected chi connectivity index (χ0v) is 7.80. The molecule has 1 heterocycles. The van der Waals surface area contributed by atoms with Crippen LogP contribution in [0.25, 0.3) is 0 Å². The van der Waals surface area contributed by atoms with Gasteiger partial charge in [0.15, 0.2) is 0 Å². The van der Waals surface area contributed by atoms with Crippen LogP contribution in [0.5, 0.6) is 0 Å². The number of carbonyl (C=O) groups is 2. The van der Waals surface area contributed by atoms with Crippen molar-refractivity contribution >= 4 is 11.9 Å². The van der Waals surface area contributed by atoms with Gasteiger partial charge in [0.2, 0.25) is 0 Å². The van der Waals surface area contributed by atoms with Gasteiger partial charge in [-0.05, 0) is 18.2 Å². The summed E-state index contributed by atoms with van der Waals surface area (Å²) in [6, 6.07) is 6.38. The van der Waals surface area contributed by atoms with Crippen LogP contribution in [-0.4, -0.2) is 18.5 Å². The molecule has 4 nitrogen and oxygen atoms in total. The lowest BCUT2D eigenvalue weighted by atomic mass is 10.1. The summed E-state index contributed by atoms with van der Waals surface area (Å²) in [5.74, 6) is -1.07. The predicted octanol–water partition coefficient (Wildman–Crippen LogP) is 1.53. The van der Waals surface area contributed by atoms with Gasteiger partial charge < -0.3 is 9.47 Å². The van der Waals surface area contributed by atoms with Gasteiger partial charge in [0.1, 0.15) is 6.61 Å². The van der Waals surface area contributed by atoms with Gasteiger partial charge in [-0.15, -0.1) is 0 Å². The topological polar surface area (TPSA) is 52.6 Å². The number of ether oxygens (including phenoxy) is 2. The number of cyclic esters (lactones) is 2. The van der Waals surface area contributed by atoms with Gasteiger partial charge in [-0.2, -0.15) is 0 Å². The molecule has 0 unspecified atom stereocenters. The first kappa shape index (κ1) is 9.45. The molecule has 0 aromatic heterocycles. The summed E-state index contributed by atoms with van der Waals surface area (Å²) in [6.07, 6.45) is 2.68. The van der Waals surface area contributed by atoms with E-state index < -0.39 is 11.9 Å². The van der Waals surface area contributed by atoms with Crippen LogP contribution in [0, 0.1) is 0 Å². The monoisotopic (exact) mass is 204 g/mol. The van der Waals surface area contributed by atoms with Gasteiger partial charge in [-0.1, -0.05) is 12.1 Å². The minimum absolute atomic E-state index is 0.0977. The molecule has 0 N–H and O–H groups in total. The fourth-order valence-electron chi connectivity index (χ4n) is 1.25. The number of hydrogen-bond donors (Lipinski definition) is 0. The summed E-state index contributed by atoms with van der Waals surface area (Å²) in [7, 11) is 0. The summed E-state index contributed by atoms with van der Waals surface area (Å²) in [4.78, 5) is 23.0. The fourth-order valence-corrected chi connectivity index (χ4v) is 1.25. The Hall–Kier alpha value is -2.10. The third-order valence-electron chi connectivity index (χ3n) is 1.95. The number of hydrogen-bond acceptors (Lipinski definition) is 4. The Morgan fingerprint density at radius 1 is 1.00 bits per heavy atom. The van der Waals surface area contributed by atoms with Crippen LogP contribution in [-0.2, 0) is 9.47 Å². The van der Waals surface area contributed by atoms with Gasteiger partial charge in [0, 0.05) is 0 Å². The van der Waals surface area contributed by atoms with Crippen LogP contribution >= 0.6 is 0 Å². The van der Waals surface area contributed by atoms with Gasteiger partial charge in [0.25, 0.3) is 0 Å². The van der Waals surface area contributed by atoms with Gasteiger partial charge in [0.05, 0.1) is 17.4 Å². The Morgan fingerprint density at radius 3 is 2.40 bits per heavy atom. The van der Waals surface area contributed by atoms with E-state index in [-0.39, 0.29) is 17.7 Å². The molecule has 0 atom stereocenters. The molecule has 0 bridgehead atoms. The van der Waals surface area contributed by atoms with Crippen LogP contribution in [0.15, 0.2) is 36.6 Å². The van der Waals surface area contributed by atoms with E-state index in [1.165, 1.54) is 24.5 Å². The maximum atomic E-state index is 11.5. The highest BCUT2D eigenvalue weighted by molar-refractivity contribution is 6.03. The summed E-state index contributed by atoms with van der Waals surface area (Å²) in [5.41, 5.74) is 0.445. The van der Waals surface area contributed by atoms with Gasteiger partial charge in [-0.25, -0.2) is 9.59 Å². The molecule has 0 aliphatic carbocycles. The van der Waals surface area contributed by atoms with E-state index in [9.17, 15) is 9.59 Å². The van der Waals surface area contributed by atoms with E-state index in [0.29, 0.717) is 0 Å². The Morgan fingerprint density at radius 2 is 1.67 bits per heavy atom. The normalized spacial score (nSPS) is 17.6. The van der Waals surface area contributed by atoms with Crippen LogP contribution in [0.4, 0.5) is 0 Å². The van der Waals surface area contributed by atoms with Crippen molar-refractivity contribution in [2.75, 3.05) is 6.61 Å². The molecule has 1 aromatic rings. The van der Waals surface area contributed by atoms with Crippen molar-refractivity contribution in [1.82, 2.24) is 0 Å². The Kier molecular flexibility index (Phi) is 2.49. The lowest BCUT2D eigenvalue weighted by Gasteiger charge is -2.04. The van der Waals surface area contributed by atoms with Gasteiger partial charge >= 0.3 is 11.9 Å². The molecule has 4 heteroatoms. The quantitative estimate of drug-likeness (QED) is 0.601. The summed E-state index contributed by atoms with van der Waals surface area (Å²) >= 11 is 0. The Balaban J connectivity index is 2.49. The third kappa shape index (κ3) is 1.88. The van der Waals surface area contributed by atoms with E-state index >= 15 is 0 Å². The summed E-state index contributed by atoms with van der Waals surface area (Å²) in [5, 5.41) is 0. The first-order chi connectivity index (χ1) is 7.29. The average molecular weight is 204 g/mol. The van der Waals surface area contributed by atoms with Gasteiger partial charge in [-0.3, -0.25) is 0 Å². The summed E-state index contributed by atoms with van der Waals surface area (Å²) < 4.78 is 9.67. The molecule has 1 aliphatic rings. The van der Waals surface area contributed by atoms with Crippen LogP contribution in [0.2, 0.25) is 0 Å². The average Bonchev–Trinajstić information content (AvgIpc) is 2.33. The number of esters is 2. The lowest BCUT2D eigenvalue weighted by Crippen LogP contribution is -2.11. The first-order valence-electron chi connectivity index (χ1n) is 4.41. The highest BCUT2D eigenvalue weighted by Crippen LogP contribution is 2.13. The molecule has 2 rings (SSSR count). The standard InChI is InChI=1S/C11H8O4/c12-10-8-4-1-2-5-9(8)11(13)15-7-3-6-14-10/h1-6H,7H2/b6-3-. The van der Waals surface area contributed by atoms with Crippen molar-refractivity contribution in [3.8, 4) is 0 Å². The molecule has 0 fully saturated rings. The molecule has 0 spiro atoms. The van der Waals surface area contributed by atoms with Crippen molar-refractivity contribution in [2.24, 2.45) is 0 Å². The molecule has 0 saturated carbocycles. The highest BCUT2D eigenvalue weighted by Gasteiger charge is 2.18. The summed E-state index contributed by atoms with van der Waals surface area (Å²) in [6.45, 7) is 0.0977. The van der Waals surface area contributed by atoms with Crippen molar-refractivity contribution in [1.29, 1.82) is 0 Å². The molecule has 0 saturated heterocycles. The second-order valence-corrected chi connectivity index (χ2v) is 2.92. The van der Waals surface area contributed by atoms with Crippen LogP contribution < -0.4 is 0 Å². The minimum Gasteiger partial charge on any atom is -0.458 e. The van der Waals surface area contributed by atoms with Crippen molar-refractivity contribution in [2.45, 2.75) is 0 Å². The maximum Gasteiger partial charge on any atom is 0.343 e. The largest absolute Gasteiger partial charge is 0.458 e. The van der Waals surface area contributed by atoms with Crippen LogP contribution in [0.1, 0.15) is 20.7 Å². The van der Waals surface area contributed by atoms with Crippen molar-refractivity contribution in [3.63, 3.8) is 0 Å². The van der Waals surface area contributed by atoms with E-state index in [1.54, 1.807) is 12.1 Å². The molecule has 0 amide bonds. The molecule has 15 heavy (non-hydrogen) atoms. The lowest BCUT2D eigenvalue weighted by molar-refractivity contribution is 0.0545. The Bertz CT molecular complexity index is 434. The molecule has 1 aliphatic heterocycles. The molecule has 1 aromatic carbocycles. The Labute approximate surface area is 86.1 Å². The molecular weight excluding hydrogens is 196 g/mol. The number of carbonyl (C=O) groups excluding carboxylic acids is 2. The SMILES string of the molecule is O=C1O/C=C\COC(=O)c2ccccc21. The van der Waals surface area contributed by atoms with E-state index in [0.717, 1.165) is 0 Å². The zero-order valence-electron chi connectivity index (χ0n) is 7.80. The molecule has 76 valence electrons. The third-order valence-corrected chi connectivity index (χ3v) is 1.95. The van der Waals surface area contributed by atoms with E-state index in [2.05, 4.69) is 0 Å². The first-order valence-corrected chi connectivity index (χ1v) is 4.41. The van der Waals surface area contributed by atoms with Crippen molar-refractivity contribution in [3.05, 3.63) is 47.7 Å². The highest BCUT2D eigenvalue weighted by atomic mass is 16.5. The zero-order chi connectivity index (χ0) is 10.7. The predicted molar refractivity (Wildman–Crippen MR) is 51.3 cm³/mol. The second-order valence-electron chi connectivity index (χ2n) is 2.92. The molecular formula is C11H8O4. The molecule has 0 radical (unpaired) electrons. The number of benzene rings is 1. The number of rotatable bonds is 0. The van der Waals surface area contributed by atoms with Crippen molar-refractivity contribution < 1.29 is 19.1 Å². The van der Waals surface area contributed by atoms with E-state index in [4.69, 9.17) is 9.47 Å². The minimum atomic E-state index is -0.555. The van der Waals surface area contributed by atoms with E-state index in [1.807, 2.05) is 0 Å². The number of fused-ring (bicyclic) bond motifs is 1. The van der Waals surface area contributed by atoms with Crippen LogP contribution in [0.3, 0.4) is 0 Å². The maximum absolute atomic E-state index is 11.5.